The van der Waals surface area contributed by atoms with Gasteiger partial charge in [0, 0.05) is 36.8 Å². The van der Waals surface area contributed by atoms with Crippen LogP contribution in [0.5, 0.6) is 5.88 Å². The van der Waals surface area contributed by atoms with E-state index in [0.717, 1.165) is 12.2 Å². The second kappa shape index (κ2) is 5.25. The zero-order valence-electron chi connectivity index (χ0n) is 11.6. The van der Waals surface area contributed by atoms with Gasteiger partial charge in [0.25, 0.3) is 0 Å². The number of para-hydroxylation sites is 1. The Bertz CT molecular complexity index is 716. The van der Waals surface area contributed by atoms with E-state index in [0.29, 0.717) is 5.88 Å². The van der Waals surface area contributed by atoms with Crippen molar-refractivity contribution in [2.24, 2.45) is 7.05 Å². The molecule has 0 radical (unpaired) electrons. The summed E-state index contributed by atoms with van der Waals surface area (Å²) in [7, 11) is 3.69. The summed E-state index contributed by atoms with van der Waals surface area (Å²) in [6.07, 6.45) is 3.94. The van der Waals surface area contributed by atoms with Crippen molar-refractivity contribution in [2.45, 2.75) is 6.54 Å². The highest BCUT2D eigenvalue weighted by Crippen LogP contribution is 2.21. The van der Waals surface area contributed by atoms with Crippen LogP contribution < -0.4 is 10.1 Å². The van der Waals surface area contributed by atoms with E-state index in [1.54, 1.807) is 13.3 Å². The average molecular weight is 267 g/mol. The quantitative estimate of drug-likeness (QED) is 0.789. The van der Waals surface area contributed by atoms with Gasteiger partial charge in [0.1, 0.15) is 0 Å². The molecule has 4 heteroatoms. The second-order valence-electron chi connectivity index (χ2n) is 4.73. The van der Waals surface area contributed by atoms with Crippen molar-refractivity contribution in [1.29, 1.82) is 0 Å². The summed E-state index contributed by atoms with van der Waals surface area (Å²) in [6.45, 7) is 0.773. The van der Waals surface area contributed by atoms with Gasteiger partial charge in [-0.25, -0.2) is 4.98 Å². The first-order valence-electron chi connectivity index (χ1n) is 6.55. The first-order chi connectivity index (χ1) is 9.78. The Morgan fingerprint density at radius 3 is 2.80 bits per heavy atom. The molecule has 0 fully saturated rings. The number of nitrogens with zero attached hydrogens (tertiary/aromatic N) is 2. The topological polar surface area (TPSA) is 39.1 Å². The summed E-state index contributed by atoms with van der Waals surface area (Å²) in [6, 6.07) is 12.2. The fourth-order valence-electron chi connectivity index (χ4n) is 2.37. The lowest BCUT2D eigenvalue weighted by Gasteiger charge is -2.06. The summed E-state index contributed by atoms with van der Waals surface area (Å²) >= 11 is 0. The van der Waals surface area contributed by atoms with Gasteiger partial charge in [-0.05, 0) is 17.7 Å². The van der Waals surface area contributed by atoms with E-state index < -0.39 is 0 Å². The lowest BCUT2D eigenvalue weighted by Crippen LogP contribution is -1.99. The lowest BCUT2D eigenvalue weighted by atomic mass is 10.2. The van der Waals surface area contributed by atoms with Crippen LogP contribution in [0.1, 0.15) is 5.56 Å². The van der Waals surface area contributed by atoms with E-state index in [4.69, 9.17) is 4.74 Å². The van der Waals surface area contributed by atoms with Gasteiger partial charge in [0.05, 0.1) is 19.0 Å². The summed E-state index contributed by atoms with van der Waals surface area (Å²) in [5.74, 6) is 0.626. The number of rotatable bonds is 4. The van der Waals surface area contributed by atoms with Crippen molar-refractivity contribution in [3.8, 4) is 5.88 Å². The average Bonchev–Trinajstić information content (AvgIpc) is 2.83. The minimum absolute atomic E-state index is 0.626. The maximum atomic E-state index is 5.05. The van der Waals surface area contributed by atoms with Gasteiger partial charge in [-0.15, -0.1) is 0 Å². The van der Waals surface area contributed by atoms with Crippen molar-refractivity contribution >= 4 is 16.6 Å². The minimum atomic E-state index is 0.626. The Morgan fingerprint density at radius 2 is 2.05 bits per heavy atom. The first kappa shape index (κ1) is 12.5. The lowest BCUT2D eigenvalue weighted by molar-refractivity contribution is 0.398. The van der Waals surface area contributed by atoms with Gasteiger partial charge in [-0.1, -0.05) is 18.2 Å². The monoisotopic (exact) mass is 267 g/mol. The molecule has 0 amide bonds. The van der Waals surface area contributed by atoms with E-state index in [9.17, 15) is 0 Å². The highest BCUT2D eigenvalue weighted by molar-refractivity contribution is 5.84. The van der Waals surface area contributed by atoms with Gasteiger partial charge in [0.15, 0.2) is 0 Å². The van der Waals surface area contributed by atoms with Gasteiger partial charge in [0.2, 0.25) is 5.88 Å². The summed E-state index contributed by atoms with van der Waals surface area (Å²) in [4.78, 5) is 4.19. The molecule has 0 aliphatic carbocycles. The molecule has 102 valence electrons. The van der Waals surface area contributed by atoms with E-state index in [1.807, 2.05) is 12.1 Å². The van der Waals surface area contributed by atoms with Crippen LogP contribution in [0.25, 0.3) is 10.9 Å². The SMILES string of the molecule is COc1ccc(NCc2cn(C)c3ccccc23)cn1. The van der Waals surface area contributed by atoms with Crippen LogP contribution in [0.2, 0.25) is 0 Å². The molecule has 0 spiro atoms. The smallest absolute Gasteiger partial charge is 0.213 e. The van der Waals surface area contributed by atoms with Crippen LogP contribution in [0.15, 0.2) is 48.8 Å². The molecule has 0 aliphatic heterocycles. The van der Waals surface area contributed by atoms with Crippen LogP contribution in [0.3, 0.4) is 0 Å². The Balaban J connectivity index is 1.79. The number of fused-ring (bicyclic) bond motifs is 1. The molecule has 3 rings (SSSR count). The molecule has 0 atom stereocenters. The van der Waals surface area contributed by atoms with Crippen molar-refractivity contribution in [3.63, 3.8) is 0 Å². The van der Waals surface area contributed by atoms with E-state index in [1.165, 1.54) is 16.5 Å². The van der Waals surface area contributed by atoms with E-state index in [-0.39, 0.29) is 0 Å². The molecule has 0 aliphatic rings. The summed E-state index contributed by atoms with van der Waals surface area (Å²) in [5, 5.41) is 4.67. The minimum Gasteiger partial charge on any atom is -0.481 e. The van der Waals surface area contributed by atoms with Crippen LogP contribution in [0, 0.1) is 0 Å². The standard InChI is InChI=1S/C16H17N3O/c1-19-11-12(14-5-3-4-6-15(14)19)9-17-13-7-8-16(20-2)18-10-13/h3-8,10-11,17H,9H2,1-2H3. The maximum absolute atomic E-state index is 5.05. The number of hydrogen-bond acceptors (Lipinski definition) is 3. The number of anilines is 1. The maximum Gasteiger partial charge on any atom is 0.213 e. The molecular formula is C16H17N3O. The molecule has 0 saturated carbocycles. The number of aryl methyl sites for hydroxylation is 1. The predicted molar refractivity (Wildman–Crippen MR) is 81.0 cm³/mol. The van der Waals surface area contributed by atoms with Gasteiger partial charge < -0.3 is 14.6 Å². The number of benzene rings is 1. The third-order valence-electron chi connectivity index (χ3n) is 3.41. The second-order valence-corrected chi connectivity index (χ2v) is 4.73. The third kappa shape index (κ3) is 2.32. The molecule has 3 aromatic rings. The highest BCUT2D eigenvalue weighted by Gasteiger charge is 2.05. The summed E-state index contributed by atoms with van der Waals surface area (Å²) < 4.78 is 7.20. The van der Waals surface area contributed by atoms with E-state index >= 15 is 0 Å². The molecule has 4 nitrogen and oxygen atoms in total. The number of hydrogen-bond donors (Lipinski definition) is 1. The predicted octanol–water partition coefficient (Wildman–Crippen LogP) is 3.19. The Kier molecular flexibility index (Phi) is 3.29. The van der Waals surface area contributed by atoms with Crippen LogP contribution in [-0.4, -0.2) is 16.7 Å². The first-order valence-corrected chi connectivity index (χ1v) is 6.55. The van der Waals surface area contributed by atoms with Crippen LogP contribution in [-0.2, 0) is 13.6 Å². The van der Waals surface area contributed by atoms with E-state index in [2.05, 4.69) is 52.4 Å². The van der Waals surface area contributed by atoms with Gasteiger partial charge in [-0.3, -0.25) is 0 Å². The largest absolute Gasteiger partial charge is 0.481 e. The van der Waals surface area contributed by atoms with Crippen molar-refractivity contribution in [3.05, 3.63) is 54.4 Å². The number of pyridine rings is 1. The Hall–Kier alpha value is -2.49. The van der Waals surface area contributed by atoms with Crippen LogP contribution >= 0.6 is 0 Å². The van der Waals surface area contributed by atoms with Crippen molar-refractivity contribution < 1.29 is 4.74 Å². The Morgan fingerprint density at radius 1 is 1.20 bits per heavy atom. The number of nitrogens with one attached hydrogen (secondary N) is 1. The zero-order valence-corrected chi connectivity index (χ0v) is 11.6. The fraction of sp³-hybridized carbons (Fsp3) is 0.188. The molecular weight excluding hydrogens is 250 g/mol. The molecule has 1 aromatic carbocycles. The highest BCUT2D eigenvalue weighted by atomic mass is 16.5. The molecule has 0 bridgehead atoms. The van der Waals surface area contributed by atoms with Crippen molar-refractivity contribution in [1.82, 2.24) is 9.55 Å². The normalized spacial score (nSPS) is 10.7. The summed E-state index contributed by atoms with van der Waals surface area (Å²) in [5.41, 5.74) is 3.51. The molecule has 0 saturated heterocycles. The van der Waals surface area contributed by atoms with Crippen molar-refractivity contribution in [2.75, 3.05) is 12.4 Å². The number of methoxy groups -OCH3 is 1. The van der Waals surface area contributed by atoms with Gasteiger partial charge in [-0.2, -0.15) is 0 Å². The zero-order chi connectivity index (χ0) is 13.9. The number of ether oxygens (including phenoxy) is 1. The fourth-order valence-corrected chi connectivity index (χ4v) is 2.37. The van der Waals surface area contributed by atoms with Gasteiger partial charge >= 0.3 is 0 Å². The number of aromatic nitrogens is 2. The molecule has 0 unspecified atom stereocenters. The molecule has 2 aromatic heterocycles. The van der Waals surface area contributed by atoms with Crippen LogP contribution in [0.4, 0.5) is 5.69 Å². The Labute approximate surface area is 118 Å². The molecule has 20 heavy (non-hydrogen) atoms. The molecule has 2 heterocycles. The third-order valence-corrected chi connectivity index (χ3v) is 3.41. The molecule has 1 N–H and O–H groups in total.